The lowest BCUT2D eigenvalue weighted by molar-refractivity contribution is -0.138. The number of sulfonamides is 1. The Morgan fingerprint density at radius 3 is 2.38 bits per heavy atom. The molecule has 0 fully saturated rings. The van der Waals surface area contributed by atoms with Gasteiger partial charge in [-0.1, -0.05) is 24.6 Å². The lowest BCUT2D eigenvalue weighted by Crippen LogP contribution is -2.48. The summed E-state index contributed by atoms with van der Waals surface area (Å²) in [6.45, 7) is 0.0124. The van der Waals surface area contributed by atoms with Crippen LogP contribution < -0.4 is 21.5 Å². The quantitative estimate of drug-likeness (QED) is 0.115. The van der Waals surface area contributed by atoms with Crippen molar-refractivity contribution in [3.8, 4) is 0 Å². The number of oxime groups is 1. The lowest BCUT2D eigenvalue weighted by atomic mass is 10.1. The van der Waals surface area contributed by atoms with Crippen LogP contribution in [0.1, 0.15) is 32.1 Å². The van der Waals surface area contributed by atoms with E-state index >= 15 is 0 Å². The normalized spacial score (nSPS) is 12.0. The predicted octanol–water partition coefficient (Wildman–Crippen LogP) is -0.310. The number of carbonyl (C=O) groups excluding carboxylic acids is 1. The first kappa shape index (κ1) is 24.2. The van der Waals surface area contributed by atoms with Crippen LogP contribution in [0.4, 0.5) is 0 Å². The molecule has 0 heterocycles. The van der Waals surface area contributed by atoms with Crippen molar-refractivity contribution >= 4 is 27.9 Å². The fourth-order valence-corrected chi connectivity index (χ4v) is 3.47. The number of unbranched alkanes of at least 4 members (excludes halogenated alkanes) is 3. The third-order valence-corrected chi connectivity index (χ3v) is 5.20. The maximum Gasteiger partial charge on any atom is 0.323 e. The summed E-state index contributed by atoms with van der Waals surface area (Å²) in [7, 11) is -4.01. The second kappa shape index (κ2) is 12.6. The molecule has 0 saturated heterocycles. The van der Waals surface area contributed by atoms with Gasteiger partial charge in [0.25, 0.3) is 0 Å². The average molecular weight is 429 g/mol. The van der Waals surface area contributed by atoms with Crippen molar-refractivity contribution < 1.29 is 28.0 Å². The zero-order valence-corrected chi connectivity index (χ0v) is 16.7. The van der Waals surface area contributed by atoms with Gasteiger partial charge in [0.15, 0.2) is 0 Å². The van der Waals surface area contributed by atoms with Crippen LogP contribution in [0.5, 0.6) is 0 Å². The van der Waals surface area contributed by atoms with Gasteiger partial charge in [-0.3, -0.25) is 9.59 Å². The Bertz CT molecular complexity index is 781. The summed E-state index contributed by atoms with van der Waals surface area (Å²) >= 11 is 0. The number of guanidine groups is 1. The van der Waals surface area contributed by atoms with Crippen LogP contribution in [0.25, 0.3) is 0 Å². The Labute approximate surface area is 169 Å². The summed E-state index contributed by atoms with van der Waals surface area (Å²) in [6.07, 6.45) is 3.10. The van der Waals surface area contributed by atoms with Crippen LogP contribution in [0.3, 0.4) is 0 Å². The Morgan fingerprint density at radius 1 is 1.10 bits per heavy atom. The summed E-state index contributed by atoms with van der Waals surface area (Å²) in [5, 5.41) is 15.1. The van der Waals surface area contributed by atoms with Gasteiger partial charge in [0.2, 0.25) is 21.9 Å². The molecule has 0 aliphatic heterocycles. The molecule has 0 saturated carbocycles. The smallest absolute Gasteiger partial charge is 0.323 e. The van der Waals surface area contributed by atoms with Gasteiger partial charge in [0, 0.05) is 13.0 Å². The molecular formula is C17H27N5O6S. The number of benzene rings is 1. The first-order valence-corrected chi connectivity index (χ1v) is 10.5. The van der Waals surface area contributed by atoms with Crippen molar-refractivity contribution in [2.45, 2.75) is 43.0 Å². The zero-order valence-electron chi connectivity index (χ0n) is 15.9. The number of nitrogens with zero attached hydrogens (tertiary/aromatic N) is 1. The number of hydrogen-bond acceptors (Lipinski definition) is 6. The van der Waals surface area contributed by atoms with E-state index in [-0.39, 0.29) is 29.7 Å². The number of carbonyl (C=O) groups is 2. The van der Waals surface area contributed by atoms with Crippen LogP contribution in [0.15, 0.2) is 40.4 Å². The topological polar surface area (TPSA) is 186 Å². The Hall–Kier alpha value is -2.86. The summed E-state index contributed by atoms with van der Waals surface area (Å²) < 4.78 is 26.5. The molecule has 0 bridgehead atoms. The molecule has 0 aliphatic rings. The minimum atomic E-state index is -4.01. The average Bonchev–Trinajstić information content (AvgIpc) is 2.67. The number of nitrogens with one attached hydrogen (secondary N) is 2. The summed E-state index contributed by atoms with van der Waals surface area (Å²) in [5.74, 6) is -1.88. The highest BCUT2D eigenvalue weighted by Gasteiger charge is 2.25. The number of aliphatic carboxylic acids is 1. The SMILES string of the molecule is NC(N)=NOCCCCCCC(=O)NCC(NS(=O)(=O)c1ccccc1)C(=O)O. The van der Waals surface area contributed by atoms with Gasteiger partial charge in [-0.25, -0.2) is 8.42 Å². The molecule has 1 unspecified atom stereocenters. The van der Waals surface area contributed by atoms with Gasteiger partial charge in [0.1, 0.15) is 12.6 Å². The van der Waals surface area contributed by atoms with E-state index in [9.17, 15) is 23.1 Å². The second-order valence-electron chi connectivity index (χ2n) is 6.14. The first-order chi connectivity index (χ1) is 13.7. The monoisotopic (exact) mass is 429 g/mol. The molecule has 0 aliphatic carbocycles. The van der Waals surface area contributed by atoms with E-state index in [1.54, 1.807) is 6.07 Å². The van der Waals surface area contributed by atoms with E-state index in [1.165, 1.54) is 24.3 Å². The Kier molecular flexibility index (Phi) is 10.5. The summed E-state index contributed by atoms with van der Waals surface area (Å²) in [6, 6.07) is 5.92. The largest absolute Gasteiger partial charge is 0.480 e. The maximum absolute atomic E-state index is 12.2. The van der Waals surface area contributed by atoms with Gasteiger partial charge >= 0.3 is 5.97 Å². The number of rotatable bonds is 14. The predicted molar refractivity (Wildman–Crippen MR) is 106 cm³/mol. The van der Waals surface area contributed by atoms with Crippen molar-refractivity contribution in [3.63, 3.8) is 0 Å². The van der Waals surface area contributed by atoms with Gasteiger partial charge in [-0.05, 0) is 36.6 Å². The molecule has 1 atom stereocenters. The second-order valence-corrected chi connectivity index (χ2v) is 7.86. The minimum Gasteiger partial charge on any atom is -0.480 e. The highest BCUT2D eigenvalue weighted by Crippen LogP contribution is 2.08. The molecule has 0 aromatic heterocycles. The molecule has 7 N–H and O–H groups in total. The zero-order chi connectivity index (χ0) is 21.7. The molecule has 0 spiro atoms. The molecule has 1 rings (SSSR count). The number of carboxylic acids is 1. The highest BCUT2D eigenvalue weighted by molar-refractivity contribution is 7.89. The van der Waals surface area contributed by atoms with Crippen LogP contribution >= 0.6 is 0 Å². The number of amides is 1. The summed E-state index contributed by atoms with van der Waals surface area (Å²) in [5.41, 5.74) is 10.2. The van der Waals surface area contributed by atoms with E-state index in [4.69, 9.17) is 16.3 Å². The van der Waals surface area contributed by atoms with E-state index in [0.29, 0.717) is 13.0 Å². The van der Waals surface area contributed by atoms with Gasteiger partial charge in [0.05, 0.1) is 4.90 Å². The lowest BCUT2D eigenvalue weighted by Gasteiger charge is -2.15. The van der Waals surface area contributed by atoms with Gasteiger partial charge in [-0.15, -0.1) is 0 Å². The number of hydrogen-bond donors (Lipinski definition) is 5. The molecule has 0 radical (unpaired) electrons. The number of carboxylic acid groups (broad SMARTS) is 1. The van der Waals surface area contributed by atoms with E-state index in [0.717, 1.165) is 19.3 Å². The Morgan fingerprint density at radius 2 is 1.76 bits per heavy atom. The standard InChI is InChI=1S/C17H27N5O6S/c18-17(19)21-28-11-7-2-1-6-10-15(23)20-12-14(16(24)25)22-29(26,27)13-8-4-3-5-9-13/h3-5,8-9,14,22H,1-2,6-7,10-12H2,(H,20,23)(H,24,25)(H4,18,19,21). The molecule has 1 aromatic rings. The summed E-state index contributed by atoms with van der Waals surface area (Å²) in [4.78, 5) is 28.0. The van der Waals surface area contributed by atoms with Gasteiger partial charge in [-0.2, -0.15) is 4.72 Å². The van der Waals surface area contributed by atoms with E-state index in [2.05, 4.69) is 15.2 Å². The molecular weight excluding hydrogens is 402 g/mol. The Balaban J connectivity index is 2.32. The third kappa shape index (κ3) is 10.3. The third-order valence-electron chi connectivity index (χ3n) is 3.71. The van der Waals surface area contributed by atoms with Crippen molar-refractivity contribution in [2.24, 2.45) is 16.6 Å². The molecule has 12 heteroatoms. The first-order valence-electron chi connectivity index (χ1n) is 9.00. The van der Waals surface area contributed by atoms with Crippen LogP contribution in [-0.2, 0) is 24.4 Å². The number of nitrogens with two attached hydrogens (primary N) is 2. The van der Waals surface area contributed by atoms with Crippen LogP contribution in [-0.4, -0.2) is 50.6 Å². The van der Waals surface area contributed by atoms with Crippen molar-refractivity contribution in [2.75, 3.05) is 13.2 Å². The van der Waals surface area contributed by atoms with Gasteiger partial charge < -0.3 is 26.7 Å². The van der Waals surface area contributed by atoms with E-state index in [1.807, 2.05) is 0 Å². The van der Waals surface area contributed by atoms with Crippen molar-refractivity contribution in [3.05, 3.63) is 30.3 Å². The molecule has 29 heavy (non-hydrogen) atoms. The van der Waals surface area contributed by atoms with Crippen LogP contribution in [0, 0.1) is 0 Å². The fraction of sp³-hybridized carbons (Fsp3) is 0.471. The van der Waals surface area contributed by atoms with Crippen molar-refractivity contribution in [1.29, 1.82) is 0 Å². The molecule has 11 nitrogen and oxygen atoms in total. The minimum absolute atomic E-state index is 0.0543. The van der Waals surface area contributed by atoms with Crippen molar-refractivity contribution in [1.82, 2.24) is 10.0 Å². The molecule has 1 amide bonds. The van der Waals surface area contributed by atoms with E-state index < -0.39 is 22.0 Å². The van der Waals surface area contributed by atoms with Crippen LogP contribution in [0.2, 0.25) is 0 Å². The maximum atomic E-state index is 12.2. The fourth-order valence-electron chi connectivity index (χ4n) is 2.26. The highest BCUT2D eigenvalue weighted by atomic mass is 32.2. The molecule has 1 aromatic carbocycles. The molecule has 162 valence electrons.